The molecule has 2 aliphatic rings. The van der Waals surface area contributed by atoms with E-state index in [9.17, 15) is 4.79 Å². The molecule has 1 spiro atoms. The molecule has 1 aromatic heterocycles. The van der Waals surface area contributed by atoms with Crippen LogP contribution < -0.4 is 10.2 Å². The van der Waals surface area contributed by atoms with Gasteiger partial charge in [-0.15, -0.1) is 0 Å². The van der Waals surface area contributed by atoms with Crippen molar-refractivity contribution in [3.8, 4) is 11.1 Å². The Morgan fingerprint density at radius 2 is 1.96 bits per heavy atom. The van der Waals surface area contributed by atoms with Gasteiger partial charge >= 0.3 is 0 Å². The van der Waals surface area contributed by atoms with Gasteiger partial charge in [-0.1, -0.05) is 24.3 Å². The zero-order valence-electron chi connectivity index (χ0n) is 14.6. The van der Waals surface area contributed by atoms with Crippen molar-refractivity contribution in [2.24, 2.45) is 0 Å². The molecule has 5 rings (SSSR count). The molecule has 1 unspecified atom stereocenters. The van der Waals surface area contributed by atoms with Crippen molar-refractivity contribution in [3.63, 3.8) is 0 Å². The Kier molecular flexibility index (Phi) is 3.19. The van der Waals surface area contributed by atoms with E-state index in [1.807, 2.05) is 41.4 Å². The number of aromatic nitrogens is 2. The number of H-pyrrole nitrogens is 1. The average molecular weight is 344 g/mol. The number of hydrogen-bond donors (Lipinski definition) is 2. The summed E-state index contributed by atoms with van der Waals surface area (Å²) in [5.74, 6) is 0.171. The van der Waals surface area contributed by atoms with E-state index in [1.165, 1.54) is 11.1 Å². The highest BCUT2D eigenvalue weighted by molar-refractivity contribution is 6.06. The molecule has 26 heavy (non-hydrogen) atoms. The number of nitrogens with zero attached hydrogens (tertiary/aromatic N) is 2. The Labute approximate surface area is 152 Å². The lowest BCUT2D eigenvalue weighted by Gasteiger charge is -2.24. The topological polar surface area (TPSA) is 61.0 Å². The normalized spacial score (nSPS) is 21.3. The van der Waals surface area contributed by atoms with Crippen LogP contribution in [0.1, 0.15) is 17.5 Å². The summed E-state index contributed by atoms with van der Waals surface area (Å²) >= 11 is 0. The maximum atomic E-state index is 13.3. The minimum absolute atomic E-state index is 0.171. The van der Waals surface area contributed by atoms with Crippen molar-refractivity contribution in [3.05, 3.63) is 66.0 Å². The molecule has 130 valence electrons. The van der Waals surface area contributed by atoms with Gasteiger partial charge in [0.25, 0.3) is 5.91 Å². The number of benzene rings is 2. The molecule has 1 fully saturated rings. The van der Waals surface area contributed by atoms with E-state index in [1.54, 1.807) is 6.20 Å². The quantitative estimate of drug-likeness (QED) is 0.748. The van der Waals surface area contributed by atoms with Crippen LogP contribution in [0.5, 0.6) is 0 Å². The van der Waals surface area contributed by atoms with Crippen LogP contribution in [0.4, 0.5) is 11.4 Å². The van der Waals surface area contributed by atoms with Crippen LogP contribution in [-0.2, 0) is 11.2 Å². The molecule has 5 heteroatoms. The van der Waals surface area contributed by atoms with Crippen molar-refractivity contribution >= 4 is 17.3 Å². The molecule has 0 bridgehead atoms. The smallest absolute Gasteiger partial charge is 0.253 e. The van der Waals surface area contributed by atoms with Crippen LogP contribution in [0.15, 0.2) is 54.9 Å². The molecule has 0 radical (unpaired) electrons. The molecule has 2 aromatic carbocycles. The molecule has 5 nitrogen and oxygen atoms in total. The first kappa shape index (κ1) is 15.2. The van der Waals surface area contributed by atoms with Gasteiger partial charge in [-0.2, -0.15) is 5.10 Å². The first-order valence-electron chi connectivity index (χ1n) is 8.94. The van der Waals surface area contributed by atoms with Gasteiger partial charge in [-0.25, -0.2) is 0 Å². The van der Waals surface area contributed by atoms with E-state index in [0.717, 1.165) is 41.9 Å². The molecule has 3 aromatic rings. The van der Waals surface area contributed by atoms with Gasteiger partial charge in [0, 0.05) is 36.1 Å². The van der Waals surface area contributed by atoms with E-state index in [-0.39, 0.29) is 5.91 Å². The summed E-state index contributed by atoms with van der Waals surface area (Å²) in [6, 6.07) is 14.4. The van der Waals surface area contributed by atoms with E-state index < -0.39 is 5.54 Å². The molecular weight excluding hydrogens is 324 g/mol. The van der Waals surface area contributed by atoms with Crippen LogP contribution in [0.2, 0.25) is 0 Å². The lowest BCUT2D eigenvalue weighted by atomic mass is 9.92. The van der Waals surface area contributed by atoms with Gasteiger partial charge in [0.05, 0.1) is 6.20 Å². The number of hydrogen-bond acceptors (Lipinski definition) is 3. The predicted molar refractivity (Wildman–Crippen MR) is 102 cm³/mol. The molecule has 0 saturated carbocycles. The maximum absolute atomic E-state index is 13.3. The third-order valence-corrected chi connectivity index (χ3v) is 5.69. The minimum Gasteiger partial charge on any atom is -0.371 e. The van der Waals surface area contributed by atoms with Gasteiger partial charge in [0.2, 0.25) is 0 Å². The summed E-state index contributed by atoms with van der Waals surface area (Å²) in [6.45, 7) is 2.86. The molecule has 1 atom stereocenters. The van der Waals surface area contributed by atoms with E-state index >= 15 is 0 Å². The first-order chi connectivity index (χ1) is 12.7. The molecular formula is C21H20N4O. The lowest BCUT2D eigenvalue weighted by Crippen LogP contribution is -2.45. The van der Waals surface area contributed by atoms with Gasteiger partial charge in [0.15, 0.2) is 0 Å². The number of rotatable bonds is 2. The van der Waals surface area contributed by atoms with Crippen molar-refractivity contribution in [1.29, 1.82) is 0 Å². The number of nitrogens with one attached hydrogen (secondary N) is 2. The second kappa shape index (κ2) is 5.46. The number of amides is 1. The predicted octanol–water partition coefficient (Wildman–Crippen LogP) is 3.53. The fraction of sp³-hybridized carbons (Fsp3) is 0.238. The Morgan fingerprint density at radius 1 is 1.12 bits per heavy atom. The highest BCUT2D eigenvalue weighted by Crippen LogP contribution is 2.41. The van der Waals surface area contributed by atoms with Crippen molar-refractivity contribution in [2.75, 3.05) is 16.8 Å². The van der Waals surface area contributed by atoms with Gasteiger partial charge in [-0.3, -0.25) is 9.89 Å². The summed E-state index contributed by atoms with van der Waals surface area (Å²) in [7, 11) is 0. The molecule has 0 aliphatic carbocycles. The Hall–Kier alpha value is -3.08. The molecule has 1 saturated heterocycles. The second-order valence-corrected chi connectivity index (χ2v) is 7.23. The highest BCUT2D eigenvalue weighted by atomic mass is 16.2. The van der Waals surface area contributed by atoms with Crippen molar-refractivity contribution in [1.82, 2.24) is 10.2 Å². The summed E-state index contributed by atoms with van der Waals surface area (Å²) in [5, 5.41) is 10.3. The number of carbonyl (C=O) groups is 1. The minimum atomic E-state index is -0.488. The molecule has 1 amide bonds. The second-order valence-electron chi connectivity index (χ2n) is 7.23. The Morgan fingerprint density at radius 3 is 2.69 bits per heavy atom. The molecule has 2 aliphatic heterocycles. The van der Waals surface area contributed by atoms with Gasteiger partial charge < -0.3 is 10.2 Å². The van der Waals surface area contributed by atoms with Crippen LogP contribution >= 0.6 is 0 Å². The number of anilines is 2. The third kappa shape index (κ3) is 2.17. The van der Waals surface area contributed by atoms with Crippen molar-refractivity contribution in [2.45, 2.75) is 25.3 Å². The number of fused-ring (bicyclic) bond motifs is 1. The number of carbonyl (C=O) groups excluding carboxylic acids is 1. The van der Waals surface area contributed by atoms with Crippen LogP contribution in [0, 0.1) is 6.92 Å². The molecule has 3 heterocycles. The van der Waals surface area contributed by atoms with Crippen LogP contribution in [0.3, 0.4) is 0 Å². The summed E-state index contributed by atoms with van der Waals surface area (Å²) in [5.41, 5.74) is 6.23. The lowest BCUT2D eigenvalue weighted by molar-refractivity contribution is -0.120. The fourth-order valence-electron chi connectivity index (χ4n) is 4.20. The first-order valence-corrected chi connectivity index (χ1v) is 8.94. The number of aryl methyl sites for hydroxylation is 1. The van der Waals surface area contributed by atoms with E-state index in [2.05, 4.69) is 34.6 Å². The number of aromatic amines is 1. The highest BCUT2D eigenvalue weighted by Gasteiger charge is 2.50. The molecule has 2 N–H and O–H groups in total. The zero-order chi connectivity index (χ0) is 17.7. The monoisotopic (exact) mass is 344 g/mol. The summed E-state index contributed by atoms with van der Waals surface area (Å²) < 4.78 is 0. The summed E-state index contributed by atoms with van der Waals surface area (Å²) in [4.78, 5) is 15.2. The maximum Gasteiger partial charge on any atom is 0.253 e. The average Bonchev–Trinajstić information content (AvgIpc) is 3.37. The van der Waals surface area contributed by atoms with Crippen molar-refractivity contribution < 1.29 is 4.79 Å². The van der Waals surface area contributed by atoms with E-state index in [4.69, 9.17) is 0 Å². The zero-order valence-corrected chi connectivity index (χ0v) is 14.6. The SMILES string of the molecule is Cc1cccc2c1CC1(CCN(c3ccc(-c4cn[nH]c4)cc3)C1=O)N2. The van der Waals surface area contributed by atoms with Gasteiger partial charge in [-0.05, 0) is 48.2 Å². The van der Waals surface area contributed by atoms with Gasteiger partial charge in [0.1, 0.15) is 5.54 Å². The third-order valence-electron chi connectivity index (χ3n) is 5.69. The fourth-order valence-corrected chi connectivity index (χ4v) is 4.20. The Balaban J connectivity index is 1.41. The largest absolute Gasteiger partial charge is 0.371 e. The van der Waals surface area contributed by atoms with Crippen LogP contribution in [0.25, 0.3) is 11.1 Å². The van der Waals surface area contributed by atoms with E-state index in [0.29, 0.717) is 0 Å². The summed E-state index contributed by atoms with van der Waals surface area (Å²) in [6.07, 6.45) is 5.26. The van der Waals surface area contributed by atoms with Crippen LogP contribution in [-0.4, -0.2) is 28.2 Å². The Bertz CT molecular complexity index is 978. The standard InChI is InChI=1S/C21H20N4O/c1-14-3-2-4-19-18(14)11-21(24-19)9-10-25(20(21)26)17-7-5-15(6-8-17)16-12-22-23-13-16/h2-8,12-13,24H,9-11H2,1H3,(H,22,23).